The van der Waals surface area contributed by atoms with Gasteiger partial charge in [-0.15, -0.1) is 0 Å². The predicted octanol–water partition coefficient (Wildman–Crippen LogP) is 2.45. The average molecular weight is 267 g/mol. The molecule has 0 aliphatic rings. The van der Waals surface area contributed by atoms with E-state index in [2.05, 4.69) is 5.32 Å². The van der Waals surface area contributed by atoms with Crippen LogP contribution in [-0.4, -0.2) is 23.5 Å². The molecule has 2 N–H and O–H groups in total. The quantitative estimate of drug-likeness (QED) is 0.795. The SMILES string of the molecule is Cc1ccoc1C(=O)NCC(CC(=O)O)CC(C)C. The van der Waals surface area contributed by atoms with E-state index in [0.29, 0.717) is 18.2 Å². The second-order valence-electron chi connectivity index (χ2n) is 5.24. The van der Waals surface area contributed by atoms with E-state index in [4.69, 9.17) is 9.52 Å². The third-order valence-corrected chi connectivity index (χ3v) is 2.89. The summed E-state index contributed by atoms with van der Waals surface area (Å²) in [5.41, 5.74) is 0.774. The summed E-state index contributed by atoms with van der Waals surface area (Å²) in [7, 11) is 0. The van der Waals surface area contributed by atoms with Gasteiger partial charge in [-0.25, -0.2) is 0 Å². The first-order chi connectivity index (χ1) is 8.90. The van der Waals surface area contributed by atoms with Gasteiger partial charge in [-0.1, -0.05) is 13.8 Å². The van der Waals surface area contributed by atoms with Crippen molar-refractivity contribution < 1.29 is 19.1 Å². The predicted molar refractivity (Wildman–Crippen MR) is 71.0 cm³/mol. The van der Waals surface area contributed by atoms with E-state index in [1.165, 1.54) is 6.26 Å². The smallest absolute Gasteiger partial charge is 0.303 e. The Morgan fingerprint density at radius 2 is 2.11 bits per heavy atom. The Morgan fingerprint density at radius 1 is 1.42 bits per heavy atom. The largest absolute Gasteiger partial charge is 0.481 e. The molecule has 0 aliphatic heterocycles. The fourth-order valence-corrected chi connectivity index (χ4v) is 2.08. The molecule has 0 spiro atoms. The molecule has 0 aliphatic carbocycles. The van der Waals surface area contributed by atoms with E-state index in [0.717, 1.165) is 12.0 Å². The molecular weight excluding hydrogens is 246 g/mol. The van der Waals surface area contributed by atoms with Crippen molar-refractivity contribution >= 4 is 11.9 Å². The summed E-state index contributed by atoms with van der Waals surface area (Å²) in [6.45, 7) is 6.21. The van der Waals surface area contributed by atoms with Gasteiger partial charge in [0.25, 0.3) is 5.91 Å². The summed E-state index contributed by atoms with van der Waals surface area (Å²) < 4.78 is 5.09. The summed E-state index contributed by atoms with van der Waals surface area (Å²) in [6, 6.07) is 1.72. The van der Waals surface area contributed by atoms with Gasteiger partial charge in [0.15, 0.2) is 5.76 Å². The van der Waals surface area contributed by atoms with E-state index < -0.39 is 5.97 Å². The number of hydrogen-bond acceptors (Lipinski definition) is 3. The van der Waals surface area contributed by atoms with Gasteiger partial charge in [0.2, 0.25) is 0 Å². The molecule has 5 heteroatoms. The van der Waals surface area contributed by atoms with Crippen molar-refractivity contribution in [3.8, 4) is 0 Å². The molecule has 0 aromatic carbocycles. The molecular formula is C14H21NO4. The van der Waals surface area contributed by atoms with Crippen molar-refractivity contribution in [3.05, 3.63) is 23.7 Å². The van der Waals surface area contributed by atoms with Crippen molar-refractivity contribution in [2.24, 2.45) is 11.8 Å². The number of furan rings is 1. The Morgan fingerprint density at radius 3 is 2.58 bits per heavy atom. The minimum Gasteiger partial charge on any atom is -0.481 e. The maximum Gasteiger partial charge on any atom is 0.303 e. The van der Waals surface area contributed by atoms with Crippen LogP contribution in [0, 0.1) is 18.8 Å². The molecule has 1 aromatic heterocycles. The van der Waals surface area contributed by atoms with Crippen LogP contribution in [0.5, 0.6) is 0 Å². The van der Waals surface area contributed by atoms with Crippen molar-refractivity contribution in [2.75, 3.05) is 6.54 Å². The maximum atomic E-state index is 11.9. The van der Waals surface area contributed by atoms with E-state index in [-0.39, 0.29) is 18.2 Å². The van der Waals surface area contributed by atoms with Crippen LogP contribution in [-0.2, 0) is 4.79 Å². The highest BCUT2D eigenvalue weighted by atomic mass is 16.4. The number of carbonyl (C=O) groups is 2. The van der Waals surface area contributed by atoms with Gasteiger partial charge in [-0.05, 0) is 31.2 Å². The van der Waals surface area contributed by atoms with Crippen LogP contribution in [0.4, 0.5) is 0 Å². The molecule has 1 rings (SSSR count). The van der Waals surface area contributed by atoms with Crippen molar-refractivity contribution in [1.29, 1.82) is 0 Å². The zero-order chi connectivity index (χ0) is 14.4. The molecule has 0 bridgehead atoms. The van der Waals surface area contributed by atoms with Crippen molar-refractivity contribution in [3.63, 3.8) is 0 Å². The van der Waals surface area contributed by atoms with Crippen molar-refractivity contribution in [2.45, 2.75) is 33.6 Å². The number of aliphatic carboxylic acids is 1. The highest BCUT2D eigenvalue weighted by Crippen LogP contribution is 2.15. The zero-order valence-corrected chi connectivity index (χ0v) is 11.6. The van der Waals surface area contributed by atoms with Gasteiger partial charge in [0.1, 0.15) is 0 Å². The summed E-state index contributed by atoms with van der Waals surface area (Å²) in [4.78, 5) is 22.6. The molecule has 1 amide bonds. The Balaban J connectivity index is 2.53. The second kappa shape index (κ2) is 6.97. The number of rotatable bonds is 7. The first-order valence-corrected chi connectivity index (χ1v) is 6.44. The lowest BCUT2D eigenvalue weighted by Crippen LogP contribution is -2.31. The molecule has 1 atom stereocenters. The minimum atomic E-state index is -0.839. The lowest BCUT2D eigenvalue weighted by Gasteiger charge is -2.17. The van der Waals surface area contributed by atoms with Crippen LogP contribution in [0.3, 0.4) is 0 Å². The standard InChI is InChI=1S/C14H21NO4/c1-9(2)6-11(7-12(16)17)8-15-14(18)13-10(3)4-5-19-13/h4-5,9,11H,6-8H2,1-3H3,(H,15,18)(H,16,17). The topological polar surface area (TPSA) is 79.5 Å². The Labute approximate surface area is 113 Å². The maximum absolute atomic E-state index is 11.9. The third-order valence-electron chi connectivity index (χ3n) is 2.89. The molecule has 19 heavy (non-hydrogen) atoms. The zero-order valence-electron chi connectivity index (χ0n) is 11.6. The molecule has 0 radical (unpaired) electrons. The third kappa shape index (κ3) is 5.16. The van der Waals surface area contributed by atoms with Gasteiger partial charge in [-0.3, -0.25) is 9.59 Å². The highest BCUT2D eigenvalue weighted by Gasteiger charge is 2.18. The Hall–Kier alpha value is -1.78. The highest BCUT2D eigenvalue weighted by molar-refractivity contribution is 5.92. The Bertz CT molecular complexity index is 436. The van der Waals surface area contributed by atoms with E-state index >= 15 is 0 Å². The summed E-state index contributed by atoms with van der Waals surface area (Å²) >= 11 is 0. The molecule has 5 nitrogen and oxygen atoms in total. The summed E-state index contributed by atoms with van der Waals surface area (Å²) in [5, 5.41) is 11.6. The molecule has 1 aromatic rings. The first-order valence-electron chi connectivity index (χ1n) is 6.44. The minimum absolute atomic E-state index is 0.0586. The molecule has 1 unspecified atom stereocenters. The molecule has 1 heterocycles. The summed E-state index contributed by atoms with van der Waals surface area (Å²) in [5.74, 6) is -0.502. The van der Waals surface area contributed by atoms with Crippen molar-refractivity contribution in [1.82, 2.24) is 5.32 Å². The molecule has 0 saturated carbocycles. The normalized spacial score (nSPS) is 12.4. The van der Waals surface area contributed by atoms with Gasteiger partial charge in [0, 0.05) is 18.5 Å². The number of aryl methyl sites for hydroxylation is 1. The van der Waals surface area contributed by atoms with Gasteiger partial charge >= 0.3 is 5.97 Å². The van der Waals surface area contributed by atoms with Gasteiger partial charge in [0.05, 0.1) is 6.26 Å². The number of hydrogen-bond donors (Lipinski definition) is 2. The van der Waals surface area contributed by atoms with E-state index in [1.807, 2.05) is 13.8 Å². The number of carbonyl (C=O) groups excluding carboxylic acids is 1. The van der Waals surface area contributed by atoms with E-state index in [9.17, 15) is 9.59 Å². The molecule has 106 valence electrons. The van der Waals surface area contributed by atoms with Crippen LogP contribution < -0.4 is 5.32 Å². The van der Waals surface area contributed by atoms with Crippen LogP contribution >= 0.6 is 0 Å². The number of amides is 1. The number of carboxylic acid groups (broad SMARTS) is 1. The van der Waals surface area contributed by atoms with Crippen LogP contribution in [0.1, 0.15) is 42.8 Å². The lowest BCUT2D eigenvalue weighted by molar-refractivity contribution is -0.138. The first kappa shape index (κ1) is 15.3. The number of carboxylic acids is 1. The fourth-order valence-electron chi connectivity index (χ4n) is 2.08. The monoisotopic (exact) mass is 267 g/mol. The van der Waals surface area contributed by atoms with Crippen LogP contribution in [0.25, 0.3) is 0 Å². The Kier molecular flexibility index (Phi) is 5.60. The summed E-state index contributed by atoms with van der Waals surface area (Å²) in [6.07, 6.45) is 2.30. The number of nitrogens with one attached hydrogen (secondary N) is 1. The fraction of sp³-hybridized carbons (Fsp3) is 0.571. The van der Waals surface area contributed by atoms with E-state index in [1.54, 1.807) is 13.0 Å². The van der Waals surface area contributed by atoms with Gasteiger partial charge in [-0.2, -0.15) is 0 Å². The second-order valence-corrected chi connectivity index (χ2v) is 5.24. The molecule has 0 saturated heterocycles. The molecule has 0 fully saturated rings. The average Bonchev–Trinajstić information content (AvgIpc) is 2.70. The van der Waals surface area contributed by atoms with Gasteiger partial charge < -0.3 is 14.8 Å². The lowest BCUT2D eigenvalue weighted by atomic mass is 9.94. The van der Waals surface area contributed by atoms with Crippen LogP contribution in [0.2, 0.25) is 0 Å². The van der Waals surface area contributed by atoms with Crippen LogP contribution in [0.15, 0.2) is 16.7 Å².